The lowest BCUT2D eigenvalue weighted by Crippen LogP contribution is -2.33. The van der Waals surface area contributed by atoms with Crippen LogP contribution >= 0.6 is 12.4 Å². The molecule has 2 amide bonds. The summed E-state index contributed by atoms with van der Waals surface area (Å²) in [5.74, 6) is -0.443. The summed E-state index contributed by atoms with van der Waals surface area (Å²) in [7, 11) is 0. The first kappa shape index (κ1) is 17.9. The van der Waals surface area contributed by atoms with Crippen molar-refractivity contribution in [3.05, 3.63) is 42.2 Å². The van der Waals surface area contributed by atoms with E-state index in [9.17, 15) is 9.59 Å². The molecule has 4 N–H and O–H groups in total. The first-order valence-corrected chi connectivity index (χ1v) is 7.81. The van der Waals surface area contributed by atoms with Crippen LogP contribution in [0.3, 0.4) is 0 Å². The molecule has 3 aromatic rings. The van der Waals surface area contributed by atoms with Gasteiger partial charge in [0.05, 0.1) is 6.26 Å². The minimum absolute atomic E-state index is 0. The number of hydrogen-bond acceptors (Lipinski definition) is 6. The van der Waals surface area contributed by atoms with Crippen molar-refractivity contribution in [1.82, 2.24) is 19.3 Å². The number of primary amides is 1. The number of furan rings is 1. The molecule has 4 heterocycles. The zero-order chi connectivity index (χ0) is 17.6. The normalized spacial score (nSPS) is 16.7. The molecule has 0 aromatic carbocycles. The Balaban J connectivity index is 0.00000196. The molecule has 4 rings (SSSR count). The van der Waals surface area contributed by atoms with E-state index in [0.717, 1.165) is 6.42 Å². The summed E-state index contributed by atoms with van der Waals surface area (Å²) in [5, 5.41) is 0. The minimum Gasteiger partial charge on any atom is -0.463 e. The Hall–Kier alpha value is -2.91. The molecule has 0 spiro atoms. The predicted octanol–water partition coefficient (Wildman–Crippen LogP) is 0.683. The number of nitrogens with zero attached hydrogens (tertiary/aromatic N) is 4. The SMILES string of the molecule is Cl.NC(=O)c1ncn2c(C(=O)N3CC[C@@H](N)C3)cc(-c3ccco3)nc12. The Labute approximate surface area is 154 Å². The summed E-state index contributed by atoms with van der Waals surface area (Å²) in [6.45, 7) is 1.06. The Kier molecular flexibility index (Phi) is 4.66. The highest BCUT2D eigenvalue weighted by atomic mass is 35.5. The molecule has 1 atom stereocenters. The third-order valence-corrected chi connectivity index (χ3v) is 4.24. The number of halogens is 1. The van der Waals surface area contributed by atoms with Gasteiger partial charge in [0, 0.05) is 19.1 Å². The third kappa shape index (κ3) is 2.91. The van der Waals surface area contributed by atoms with Crippen LogP contribution in [0.25, 0.3) is 17.1 Å². The molecule has 1 aliphatic rings. The monoisotopic (exact) mass is 376 g/mol. The molecule has 136 valence electrons. The first-order chi connectivity index (χ1) is 12.0. The van der Waals surface area contributed by atoms with Gasteiger partial charge in [-0.3, -0.25) is 14.0 Å². The van der Waals surface area contributed by atoms with Gasteiger partial charge in [-0.15, -0.1) is 12.4 Å². The quantitative estimate of drug-likeness (QED) is 0.690. The second-order valence-electron chi connectivity index (χ2n) is 5.95. The Morgan fingerprint density at radius 2 is 2.15 bits per heavy atom. The number of hydrogen-bond donors (Lipinski definition) is 2. The summed E-state index contributed by atoms with van der Waals surface area (Å²) >= 11 is 0. The summed E-state index contributed by atoms with van der Waals surface area (Å²) in [5.41, 5.74) is 12.2. The van der Waals surface area contributed by atoms with Gasteiger partial charge in [0.1, 0.15) is 17.7 Å². The fraction of sp³-hybridized carbons (Fsp3) is 0.250. The van der Waals surface area contributed by atoms with Crippen molar-refractivity contribution in [3.63, 3.8) is 0 Å². The maximum Gasteiger partial charge on any atom is 0.271 e. The van der Waals surface area contributed by atoms with Crippen molar-refractivity contribution < 1.29 is 14.0 Å². The van der Waals surface area contributed by atoms with E-state index in [2.05, 4.69) is 9.97 Å². The van der Waals surface area contributed by atoms with Crippen LogP contribution in [0.15, 0.2) is 35.2 Å². The molecule has 3 aromatic heterocycles. The molecule has 9 nitrogen and oxygen atoms in total. The molecule has 0 radical (unpaired) electrons. The van der Waals surface area contributed by atoms with Crippen LogP contribution in [-0.4, -0.2) is 50.2 Å². The van der Waals surface area contributed by atoms with Gasteiger partial charge < -0.3 is 20.8 Å². The largest absolute Gasteiger partial charge is 0.463 e. The third-order valence-electron chi connectivity index (χ3n) is 4.24. The average molecular weight is 377 g/mol. The molecule has 26 heavy (non-hydrogen) atoms. The number of likely N-dealkylation sites (tertiary alicyclic amines) is 1. The molecular formula is C16H17ClN6O3. The maximum absolute atomic E-state index is 13.0. The number of amides is 2. The molecule has 0 unspecified atom stereocenters. The second-order valence-corrected chi connectivity index (χ2v) is 5.95. The van der Waals surface area contributed by atoms with E-state index in [4.69, 9.17) is 15.9 Å². The molecule has 0 aliphatic carbocycles. The van der Waals surface area contributed by atoms with Gasteiger partial charge in [-0.1, -0.05) is 0 Å². The zero-order valence-electron chi connectivity index (χ0n) is 13.7. The van der Waals surface area contributed by atoms with Gasteiger partial charge >= 0.3 is 0 Å². The lowest BCUT2D eigenvalue weighted by atomic mass is 10.2. The summed E-state index contributed by atoms with van der Waals surface area (Å²) in [4.78, 5) is 34.7. The van der Waals surface area contributed by atoms with Crippen LogP contribution in [0.4, 0.5) is 0 Å². The minimum atomic E-state index is -0.715. The maximum atomic E-state index is 13.0. The highest BCUT2D eigenvalue weighted by molar-refractivity contribution is 5.99. The zero-order valence-corrected chi connectivity index (χ0v) is 14.5. The van der Waals surface area contributed by atoms with Gasteiger partial charge in [0.2, 0.25) is 0 Å². The fourth-order valence-electron chi connectivity index (χ4n) is 2.99. The van der Waals surface area contributed by atoms with Crippen LogP contribution < -0.4 is 11.5 Å². The smallest absolute Gasteiger partial charge is 0.271 e. The molecule has 0 bridgehead atoms. The van der Waals surface area contributed by atoms with Gasteiger partial charge in [0.25, 0.3) is 11.8 Å². The molecular weight excluding hydrogens is 360 g/mol. The Morgan fingerprint density at radius 1 is 1.35 bits per heavy atom. The van der Waals surface area contributed by atoms with Crippen LogP contribution in [0.2, 0.25) is 0 Å². The standard InChI is InChI=1S/C16H16N6O3.ClH/c17-9-3-4-21(7-9)16(24)11-6-10(12-2-1-5-25-12)20-15-13(14(18)23)19-8-22(11)15;/h1-2,5-6,8-9H,3-4,7,17H2,(H2,18,23);1H/t9-;/m1./s1. The molecule has 10 heteroatoms. The van der Waals surface area contributed by atoms with Crippen molar-refractivity contribution in [1.29, 1.82) is 0 Å². The molecule has 1 fully saturated rings. The second kappa shape index (κ2) is 6.77. The lowest BCUT2D eigenvalue weighted by Gasteiger charge is -2.17. The Bertz CT molecular complexity index is 968. The van der Waals surface area contributed by atoms with Crippen molar-refractivity contribution >= 4 is 29.9 Å². The number of carbonyl (C=O) groups excluding carboxylic acids is 2. The van der Waals surface area contributed by atoms with E-state index in [1.807, 2.05) is 0 Å². The number of rotatable bonds is 3. The van der Waals surface area contributed by atoms with Crippen LogP contribution in [0, 0.1) is 0 Å². The molecule has 0 saturated carbocycles. The molecule has 1 saturated heterocycles. The number of imidazole rings is 1. The summed E-state index contributed by atoms with van der Waals surface area (Å²) in [6, 6.07) is 5.02. The average Bonchev–Trinajstić information content (AvgIpc) is 3.32. The predicted molar refractivity (Wildman–Crippen MR) is 95.0 cm³/mol. The number of nitrogens with two attached hydrogens (primary N) is 2. The van der Waals surface area contributed by atoms with E-state index in [1.165, 1.54) is 17.0 Å². The van der Waals surface area contributed by atoms with Crippen LogP contribution in [-0.2, 0) is 0 Å². The number of carbonyl (C=O) groups is 2. The first-order valence-electron chi connectivity index (χ1n) is 7.81. The summed E-state index contributed by atoms with van der Waals surface area (Å²) < 4.78 is 6.84. The van der Waals surface area contributed by atoms with E-state index >= 15 is 0 Å². The highest BCUT2D eigenvalue weighted by Gasteiger charge is 2.28. The highest BCUT2D eigenvalue weighted by Crippen LogP contribution is 2.23. The topological polar surface area (TPSA) is 133 Å². The van der Waals surface area contributed by atoms with Gasteiger partial charge in [0.15, 0.2) is 17.1 Å². The fourth-order valence-corrected chi connectivity index (χ4v) is 2.99. The van der Waals surface area contributed by atoms with Crippen LogP contribution in [0.5, 0.6) is 0 Å². The van der Waals surface area contributed by atoms with Gasteiger partial charge in [-0.2, -0.15) is 0 Å². The van der Waals surface area contributed by atoms with Gasteiger partial charge in [-0.05, 0) is 24.6 Å². The van der Waals surface area contributed by atoms with Crippen molar-refractivity contribution in [2.75, 3.05) is 13.1 Å². The Morgan fingerprint density at radius 3 is 2.77 bits per heavy atom. The number of fused-ring (bicyclic) bond motifs is 1. The van der Waals surface area contributed by atoms with E-state index in [1.54, 1.807) is 23.1 Å². The van der Waals surface area contributed by atoms with Gasteiger partial charge in [-0.25, -0.2) is 9.97 Å². The number of aromatic nitrogens is 3. The van der Waals surface area contributed by atoms with Crippen LogP contribution in [0.1, 0.15) is 27.4 Å². The van der Waals surface area contributed by atoms with Crippen molar-refractivity contribution in [3.8, 4) is 11.5 Å². The summed E-state index contributed by atoms with van der Waals surface area (Å²) in [6.07, 6.45) is 3.63. The molecule has 1 aliphatic heterocycles. The van der Waals surface area contributed by atoms with E-state index in [0.29, 0.717) is 30.2 Å². The lowest BCUT2D eigenvalue weighted by molar-refractivity contribution is 0.0783. The van der Waals surface area contributed by atoms with Crippen molar-refractivity contribution in [2.45, 2.75) is 12.5 Å². The van der Waals surface area contributed by atoms with Crippen molar-refractivity contribution in [2.24, 2.45) is 11.5 Å². The van der Waals surface area contributed by atoms with E-state index in [-0.39, 0.29) is 35.7 Å². The van der Waals surface area contributed by atoms with E-state index < -0.39 is 5.91 Å².